The molecule has 3 unspecified atom stereocenters. The van der Waals surface area contributed by atoms with Crippen LogP contribution in [0.1, 0.15) is 42.3 Å². The summed E-state index contributed by atoms with van der Waals surface area (Å²) in [4.78, 5) is 10.9. The van der Waals surface area contributed by atoms with Crippen molar-refractivity contribution < 1.29 is 19.4 Å². The standard InChI is InChI=1S/C28H34N4O4P2S2/c1-21(37(39)31(4)29-18-22-6-12-25(34)13-7-22)35-26-14-8-23(9-15-26)19-30-32(5)38(40)28(2,3)36-27-16-10-24(20-33)11-17-27/h6-21,34,37-38H,1-5H3/b29-18+,30-19+. The first-order chi connectivity index (χ1) is 19.0. The number of hydrogen-bond acceptors (Lipinski definition) is 8. The molecule has 3 rings (SSSR count). The Labute approximate surface area is 247 Å². The predicted octanol–water partition coefficient (Wildman–Crippen LogP) is 6.16. The molecule has 3 aromatic rings. The van der Waals surface area contributed by atoms with E-state index in [2.05, 4.69) is 10.2 Å². The molecule has 0 spiro atoms. The molecule has 0 bridgehead atoms. The van der Waals surface area contributed by atoms with Gasteiger partial charge in [-0.1, -0.05) is 23.6 Å². The minimum Gasteiger partial charge on any atom is -0.508 e. The van der Waals surface area contributed by atoms with E-state index in [4.69, 9.17) is 33.1 Å². The molecule has 8 nitrogen and oxygen atoms in total. The third kappa shape index (κ3) is 9.27. The van der Waals surface area contributed by atoms with E-state index >= 15 is 0 Å². The molecule has 3 atom stereocenters. The van der Waals surface area contributed by atoms with E-state index in [0.29, 0.717) is 17.1 Å². The smallest absolute Gasteiger partial charge is 0.150 e. The lowest BCUT2D eigenvalue weighted by atomic mass is 10.2. The van der Waals surface area contributed by atoms with Gasteiger partial charge in [0.1, 0.15) is 34.7 Å². The highest BCUT2D eigenvalue weighted by Gasteiger charge is 2.27. The maximum atomic E-state index is 10.9. The van der Waals surface area contributed by atoms with Crippen molar-refractivity contribution in [2.75, 3.05) is 14.1 Å². The van der Waals surface area contributed by atoms with Crippen LogP contribution in [0.2, 0.25) is 0 Å². The van der Waals surface area contributed by atoms with Gasteiger partial charge in [-0.2, -0.15) is 10.2 Å². The molecule has 0 amide bonds. The Balaban J connectivity index is 1.53. The number of nitrogens with zero attached hydrogens (tertiary/aromatic N) is 4. The average molecular weight is 617 g/mol. The molecule has 0 saturated carbocycles. The molecule has 0 radical (unpaired) electrons. The zero-order valence-corrected chi connectivity index (χ0v) is 26.6. The highest BCUT2D eigenvalue weighted by Crippen LogP contribution is 2.43. The van der Waals surface area contributed by atoms with Crippen LogP contribution in [-0.4, -0.2) is 58.7 Å². The van der Waals surface area contributed by atoms with Gasteiger partial charge in [0.2, 0.25) is 0 Å². The first kappa shape index (κ1) is 31.5. The number of carbonyl (C=O) groups is 1. The van der Waals surface area contributed by atoms with Gasteiger partial charge in [0.15, 0.2) is 0 Å². The van der Waals surface area contributed by atoms with Gasteiger partial charge in [0.25, 0.3) is 0 Å². The van der Waals surface area contributed by atoms with E-state index in [-0.39, 0.29) is 11.6 Å². The summed E-state index contributed by atoms with van der Waals surface area (Å²) in [6.45, 7) is 2.70. The summed E-state index contributed by atoms with van der Waals surface area (Å²) in [6, 6.07) is 21.4. The minimum absolute atomic E-state index is 0.199. The summed E-state index contributed by atoms with van der Waals surface area (Å²) in [6.07, 6.45) is 4.27. The monoisotopic (exact) mass is 616 g/mol. The van der Waals surface area contributed by atoms with E-state index in [1.165, 1.54) is 0 Å². The second-order valence-corrected chi connectivity index (χ2v) is 16.4. The fourth-order valence-electron chi connectivity index (χ4n) is 3.47. The first-order valence-corrected chi connectivity index (χ1v) is 17.7. The minimum atomic E-state index is -1.62. The quantitative estimate of drug-likeness (QED) is 0.106. The fraction of sp³-hybridized carbons (Fsp3) is 0.250. The van der Waals surface area contributed by atoms with Crippen LogP contribution >= 0.6 is 13.7 Å². The van der Waals surface area contributed by atoms with Crippen LogP contribution in [0.5, 0.6) is 17.2 Å². The second kappa shape index (κ2) is 14.6. The van der Waals surface area contributed by atoms with Crippen molar-refractivity contribution in [2.45, 2.75) is 32.0 Å². The second-order valence-electron chi connectivity index (χ2n) is 9.40. The maximum Gasteiger partial charge on any atom is 0.150 e. The van der Waals surface area contributed by atoms with Crippen molar-refractivity contribution in [2.24, 2.45) is 10.2 Å². The van der Waals surface area contributed by atoms with Crippen molar-refractivity contribution >= 4 is 56.0 Å². The summed E-state index contributed by atoms with van der Waals surface area (Å²) in [5.74, 6) is 1.38. The number of hydrazone groups is 2. The Morgan fingerprint density at radius 1 is 0.825 bits per heavy atom. The summed E-state index contributed by atoms with van der Waals surface area (Å²) in [5, 5.41) is 17.8. The molecule has 0 heterocycles. The highest BCUT2D eigenvalue weighted by atomic mass is 32.4. The van der Waals surface area contributed by atoms with Gasteiger partial charge < -0.3 is 14.6 Å². The lowest BCUT2D eigenvalue weighted by Crippen LogP contribution is -2.27. The lowest BCUT2D eigenvalue weighted by Gasteiger charge is -2.32. The molecular weight excluding hydrogens is 582 g/mol. The van der Waals surface area contributed by atoms with Gasteiger partial charge >= 0.3 is 0 Å². The lowest BCUT2D eigenvalue weighted by molar-refractivity contribution is 0.112. The molecule has 3 aromatic carbocycles. The highest BCUT2D eigenvalue weighted by molar-refractivity contribution is 8.04. The number of rotatable bonds is 13. The van der Waals surface area contributed by atoms with Crippen LogP contribution in [0.25, 0.3) is 0 Å². The number of ether oxygens (including phenoxy) is 2. The fourth-order valence-corrected chi connectivity index (χ4v) is 6.10. The molecule has 12 heteroatoms. The molecular formula is C28H34N4O4P2S2. The molecule has 212 valence electrons. The van der Waals surface area contributed by atoms with Crippen molar-refractivity contribution in [3.63, 3.8) is 0 Å². The third-order valence-electron chi connectivity index (χ3n) is 5.71. The topological polar surface area (TPSA) is 87.0 Å². The number of hydrogen-bond donors (Lipinski definition) is 1. The van der Waals surface area contributed by atoms with Crippen LogP contribution in [0.4, 0.5) is 0 Å². The summed E-state index contributed by atoms with van der Waals surface area (Å²) < 4.78 is 15.8. The maximum absolute atomic E-state index is 10.9. The van der Waals surface area contributed by atoms with Gasteiger partial charge in [-0.05, 0) is 105 Å². The molecule has 40 heavy (non-hydrogen) atoms. The number of phenolic OH excluding ortho intramolecular Hbond substituents is 1. The van der Waals surface area contributed by atoms with Gasteiger partial charge in [-0.15, -0.1) is 0 Å². The van der Waals surface area contributed by atoms with Gasteiger partial charge in [0, 0.05) is 19.7 Å². The Bertz CT molecular complexity index is 1380. The molecule has 0 fully saturated rings. The average Bonchev–Trinajstić information content (AvgIpc) is 2.95. The molecule has 1 N–H and O–H groups in total. The number of benzene rings is 3. The van der Waals surface area contributed by atoms with E-state index in [0.717, 1.165) is 17.4 Å². The van der Waals surface area contributed by atoms with E-state index in [1.807, 2.05) is 59.1 Å². The van der Waals surface area contributed by atoms with Crippen LogP contribution in [-0.2, 0) is 23.6 Å². The molecule has 0 saturated heterocycles. The Morgan fingerprint density at radius 2 is 1.30 bits per heavy atom. The van der Waals surface area contributed by atoms with Crippen LogP contribution < -0.4 is 9.47 Å². The summed E-state index contributed by atoms with van der Waals surface area (Å²) in [5.41, 5.74) is 2.37. The van der Waals surface area contributed by atoms with Crippen molar-refractivity contribution in [1.29, 1.82) is 0 Å². The molecule has 0 aliphatic rings. The predicted molar refractivity (Wildman–Crippen MR) is 173 cm³/mol. The third-order valence-corrected chi connectivity index (χ3v) is 13.2. The van der Waals surface area contributed by atoms with Gasteiger partial charge in [-0.3, -0.25) is 14.4 Å². The first-order valence-electron chi connectivity index (χ1n) is 12.4. The zero-order chi connectivity index (χ0) is 29.3. The van der Waals surface area contributed by atoms with Crippen LogP contribution in [0, 0.1) is 0 Å². The van der Waals surface area contributed by atoms with Crippen molar-refractivity contribution in [3.05, 3.63) is 89.5 Å². The largest absolute Gasteiger partial charge is 0.508 e. The SMILES string of the molecule is CC(Oc1ccc(/C=N/N(C)[PH](=S)C(C)(C)Oc2ccc(C=O)cc2)cc1)[PH](=S)N(C)/N=C/c1ccc(O)cc1. The van der Waals surface area contributed by atoms with Crippen LogP contribution in [0.3, 0.4) is 0 Å². The van der Waals surface area contributed by atoms with Gasteiger partial charge in [0.05, 0.1) is 26.1 Å². The van der Waals surface area contributed by atoms with Crippen LogP contribution in [0.15, 0.2) is 83.0 Å². The van der Waals surface area contributed by atoms with E-state index in [1.54, 1.807) is 70.5 Å². The van der Waals surface area contributed by atoms with E-state index < -0.39 is 19.0 Å². The Morgan fingerprint density at radius 3 is 1.85 bits per heavy atom. The van der Waals surface area contributed by atoms with Crippen molar-refractivity contribution in [3.8, 4) is 17.2 Å². The Kier molecular flexibility index (Phi) is 11.5. The zero-order valence-electron chi connectivity index (χ0n) is 23.0. The normalized spacial score (nSPS) is 14.0. The number of phenols is 1. The van der Waals surface area contributed by atoms with Crippen molar-refractivity contribution in [1.82, 2.24) is 9.56 Å². The number of carbonyl (C=O) groups excluding carboxylic acids is 1. The molecule has 0 aliphatic carbocycles. The van der Waals surface area contributed by atoms with E-state index in [9.17, 15) is 9.90 Å². The molecule has 0 aromatic heterocycles. The number of aldehydes is 1. The Hall–Kier alpha value is -3.03. The molecule has 0 aliphatic heterocycles. The summed E-state index contributed by atoms with van der Waals surface area (Å²) in [7, 11) is 3.70. The summed E-state index contributed by atoms with van der Waals surface area (Å²) >= 11 is 11.5. The van der Waals surface area contributed by atoms with Gasteiger partial charge in [-0.25, -0.2) is 0 Å². The number of aromatic hydroxyl groups is 1.